The largest absolute Gasteiger partial charge is 0.347 e. The van der Waals surface area contributed by atoms with Gasteiger partial charge in [-0.25, -0.2) is 0 Å². The summed E-state index contributed by atoms with van der Waals surface area (Å²) in [6.45, 7) is 3.86. The Morgan fingerprint density at radius 1 is 1.55 bits per heavy atom. The number of carbonyl (C=O) groups is 1. The number of amides is 1. The van der Waals surface area contributed by atoms with Crippen molar-refractivity contribution >= 4 is 39.1 Å². The summed E-state index contributed by atoms with van der Waals surface area (Å²) in [5, 5.41) is 14.8. The van der Waals surface area contributed by atoms with Crippen molar-refractivity contribution in [1.29, 1.82) is 0 Å². The molecule has 110 valence electrons. The number of carbonyl (C=O) groups excluding carboxylic acids is 1. The van der Waals surface area contributed by atoms with Gasteiger partial charge < -0.3 is 5.32 Å². The Balaban J connectivity index is 3.08. The lowest BCUT2D eigenvalue weighted by molar-refractivity contribution is -0.385. The van der Waals surface area contributed by atoms with Crippen LogP contribution in [0.5, 0.6) is 0 Å². The fourth-order valence-corrected chi connectivity index (χ4v) is 2.77. The topological polar surface area (TPSA) is 72.2 Å². The van der Waals surface area contributed by atoms with Gasteiger partial charge >= 0.3 is 0 Å². The molecule has 0 bridgehead atoms. The van der Waals surface area contributed by atoms with E-state index in [1.165, 1.54) is 18.2 Å². The van der Waals surface area contributed by atoms with E-state index in [4.69, 9.17) is 11.6 Å². The smallest absolute Gasteiger partial charge is 0.282 e. The number of alkyl halides is 1. The van der Waals surface area contributed by atoms with Crippen LogP contribution in [0, 0.1) is 10.1 Å². The van der Waals surface area contributed by atoms with Crippen molar-refractivity contribution in [3.63, 3.8) is 0 Å². The molecule has 0 fully saturated rings. The molecule has 5 nitrogen and oxygen atoms in total. The van der Waals surface area contributed by atoms with Gasteiger partial charge in [0.15, 0.2) is 0 Å². The number of nitro benzene ring substituents is 1. The van der Waals surface area contributed by atoms with Crippen LogP contribution in [-0.2, 0) is 0 Å². The summed E-state index contributed by atoms with van der Waals surface area (Å²) in [6, 6.07) is 3.96. The normalized spacial score (nSPS) is 13.6. The maximum atomic E-state index is 12.3. The van der Waals surface area contributed by atoms with Crippen molar-refractivity contribution in [3.8, 4) is 0 Å². The number of nitrogens with one attached hydrogen (secondary N) is 1. The Morgan fingerprint density at radius 3 is 2.70 bits per heavy atom. The Morgan fingerprint density at radius 2 is 2.20 bits per heavy atom. The highest BCUT2D eigenvalue weighted by atomic mass is 79.9. The number of nitrogens with zero attached hydrogens (tertiary/aromatic N) is 1. The molecule has 1 N–H and O–H groups in total. The van der Waals surface area contributed by atoms with Gasteiger partial charge in [0.05, 0.1) is 4.92 Å². The average Bonchev–Trinajstić information content (AvgIpc) is 2.38. The van der Waals surface area contributed by atoms with E-state index in [9.17, 15) is 14.9 Å². The van der Waals surface area contributed by atoms with E-state index in [-0.39, 0.29) is 11.3 Å². The molecule has 1 atom stereocenters. The van der Waals surface area contributed by atoms with Crippen LogP contribution in [-0.4, -0.2) is 21.7 Å². The molecule has 20 heavy (non-hydrogen) atoms. The van der Waals surface area contributed by atoms with Crippen LogP contribution >= 0.6 is 27.5 Å². The predicted octanol–water partition coefficient (Wildman–Crippen LogP) is 3.93. The van der Waals surface area contributed by atoms with Crippen molar-refractivity contribution < 1.29 is 9.72 Å². The number of rotatable bonds is 6. The lowest BCUT2D eigenvalue weighted by Crippen LogP contribution is -2.46. The zero-order valence-electron chi connectivity index (χ0n) is 11.3. The van der Waals surface area contributed by atoms with E-state index in [1.54, 1.807) is 0 Å². The highest BCUT2D eigenvalue weighted by Crippen LogP contribution is 2.24. The summed E-state index contributed by atoms with van der Waals surface area (Å²) in [7, 11) is 0. The van der Waals surface area contributed by atoms with Gasteiger partial charge in [-0.2, -0.15) is 0 Å². The second kappa shape index (κ2) is 7.04. The fourth-order valence-electron chi connectivity index (χ4n) is 1.73. The van der Waals surface area contributed by atoms with Crippen LogP contribution in [0.4, 0.5) is 5.69 Å². The van der Waals surface area contributed by atoms with Gasteiger partial charge in [0.25, 0.3) is 11.6 Å². The zero-order valence-corrected chi connectivity index (χ0v) is 13.6. The Kier molecular flexibility index (Phi) is 5.95. The predicted molar refractivity (Wildman–Crippen MR) is 82.7 cm³/mol. The molecule has 7 heteroatoms. The Bertz CT molecular complexity index is 524. The molecule has 1 amide bonds. The van der Waals surface area contributed by atoms with Crippen molar-refractivity contribution in [2.24, 2.45) is 0 Å². The standard InChI is InChI=1S/C13H16BrClN2O3/c1-3-13(2,6-7-14)16-12(18)10-8-9(15)4-5-11(10)17(19)20/h4-5,8H,3,6-7H2,1-2H3,(H,16,18). The Hall–Kier alpha value is -1.14. The minimum absolute atomic E-state index is 0.0169. The number of benzene rings is 1. The molecule has 0 aliphatic heterocycles. The van der Waals surface area contributed by atoms with Crippen molar-refractivity contribution in [2.45, 2.75) is 32.2 Å². The van der Waals surface area contributed by atoms with Crippen molar-refractivity contribution in [3.05, 3.63) is 38.9 Å². The molecule has 0 saturated heterocycles. The van der Waals surface area contributed by atoms with Gasteiger partial charge in [-0.1, -0.05) is 34.5 Å². The summed E-state index contributed by atoms with van der Waals surface area (Å²) >= 11 is 9.16. The maximum Gasteiger partial charge on any atom is 0.282 e. The highest BCUT2D eigenvalue weighted by molar-refractivity contribution is 9.09. The van der Waals surface area contributed by atoms with Crippen LogP contribution in [0.15, 0.2) is 18.2 Å². The SMILES string of the molecule is CCC(C)(CCBr)NC(=O)c1cc(Cl)ccc1[N+](=O)[O-]. The summed E-state index contributed by atoms with van der Waals surface area (Å²) in [6.07, 6.45) is 1.45. The molecule has 0 radical (unpaired) electrons. The molecule has 1 aromatic rings. The highest BCUT2D eigenvalue weighted by Gasteiger charge is 2.28. The number of halogens is 2. The average molecular weight is 364 g/mol. The molecule has 0 heterocycles. The number of hydrogen-bond acceptors (Lipinski definition) is 3. The van der Waals surface area contributed by atoms with Crippen LogP contribution in [0.3, 0.4) is 0 Å². The van der Waals surface area contributed by atoms with E-state index >= 15 is 0 Å². The minimum Gasteiger partial charge on any atom is -0.347 e. The third-order valence-electron chi connectivity index (χ3n) is 3.24. The van der Waals surface area contributed by atoms with Gasteiger partial charge in [-0.05, 0) is 31.9 Å². The molecular weight excluding hydrogens is 348 g/mol. The molecule has 0 aliphatic carbocycles. The first kappa shape index (κ1) is 16.9. The zero-order chi connectivity index (χ0) is 15.3. The third kappa shape index (κ3) is 4.18. The van der Waals surface area contributed by atoms with Crippen LogP contribution < -0.4 is 5.32 Å². The van der Waals surface area contributed by atoms with Gasteiger partial charge in [-0.15, -0.1) is 0 Å². The first-order valence-electron chi connectivity index (χ1n) is 6.15. The van der Waals surface area contributed by atoms with Crippen molar-refractivity contribution in [2.75, 3.05) is 5.33 Å². The van der Waals surface area contributed by atoms with E-state index < -0.39 is 16.4 Å². The maximum absolute atomic E-state index is 12.3. The Labute approximate surface area is 131 Å². The monoisotopic (exact) mass is 362 g/mol. The molecule has 0 spiro atoms. The van der Waals surface area contributed by atoms with E-state index in [1.807, 2.05) is 13.8 Å². The summed E-state index contributed by atoms with van der Waals surface area (Å²) in [5.41, 5.74) is -0.683. The lowest BCUT2D eigenvalue weighted by Gasteiger charge is -2.29. The molecule has 1 unspecified atom stereocenters. The quantitative estimate of drug-likeness (QED) is 0.473. The van der Waals surface area contributed by atoms with Gasteiger partial charge in [0.1, 0.15) is 5.56 Å². The minimum atomic E-state index is -0.584. The van der Waals surface area contributed by atoms with Crippen LogP contribution in [0.25, 0.3) is 0 Å². The van der Waals surface area contributed by atoms with Crippen LogP contribution in [0.2, 0.25) is 5.02 Å². The summed E-state index contributed by atoms with van der Waals surface area (Å²) < 4.78 is 0. The number of nitro groups is 1. The van der Waals surface area contributed by atoms with Gasteiger partial charge in [0, 0.05) is 22.0 Å². The molecule has 0 aliphatic rings. The molecule has 0 saturated carbocycles. The summed E-state index contributed by atoms with van der Waals surface area (Å²) in [5.74, 6) is -0.482. The second-order valence-electron chi connectivity index (χ2n) is 4.73. The van der Waals surface area contributed by atoms with Gasteiger partial charge in [0.2, 0.25) is 0 Å². The fraction of sp³-hybridized carbons (Fsp3) is 0.462. The third-order valence-corrected chi connectivity index (χ3v) is 3.87. The molecule has 0 aromatic heterocycles. The lowest BCUT2D eigenvalue weighted by atomic mass is 9.95. The summed E-state index contributed by atoms with van der Waals surface area (Å²) in [4.78, 5) is 22.7. The van der Waals surface area contributed by atoms with E-state index in [2.05, 4.69) is 21.2 Å². The molecule has 1 rings (SSSR count). The van der Waals surface area contributed by atoms with Crippen molar-refractivity contribution in [1.82, 2.24) is 5.32 Å². The van der Waals surface area contributed by atoms with E-state index in [0.29, 0.717) is 5.02 Å². The second-order valence-corrected chi connectivity index (χ2v) is 5.96. The first-order chi connectivity index (χ1) is 9.33. The van der Waals surface area contributed by atoms with E-state index in [0.717, 1.165) is 18.2 Å². The molecule has 1 aromatic carbocycles. The first-order valence-corrected chi connectivity index (χ1v) is 7.65. The number of hydrogen-bond donors (Lipinski definition) is 1. The van der Waals surface area contributed by atoms with Gasteiger partial charge in [-0.3, -0.25) is 14.9 Å². The van der Waals surface area contributed by atoms with Crippen LogP contribution in [0.1, 0.15) is 37.0 Å². The molecular formula is C13H16BrClN2O3.